The number of H-pyrrole nitrogens is 1. The molecule has 124 valence electrons. The van der Waals surface area contributed by atoms with Gasteiger partial charge in [-0.3, -0.25) is 0 Å². The fraction of sp³-hybridized carbons (Fsp3) is 0.750. The van der Waals surface area contributed by atoms with E-state index < -0.39 is 5.60 Å². The molecule has 1 aromatic heterocycles. The van der Waals surface area contributed by atoms with Crippen LogP contribution in [0.2, 0.25) is 0 Å². The number of likely N-dealkylation sites (tertiary alicyclic amines) is 1. The third-order valence-corrected chi connectivity index (χ3v) is 3.82. The minimum absolute atomic E-state index is 0.211. The average molecular weight is 308 g/mol. The van der Waals surface area contributed by atoms with Gasteiger partial charge in [-0.2, -0.15) is 0 Å². The van der Waals surface area contributed by atoms with Gasteiger partial charge in [0.25, 0.3) is 0 Å². The maximum Gasteiger partial charge on any atom is 0.410 e. The largest absolute Gasteiger partial charge is 0.444 e. The number of carbonyl (C=O) groups is 1. The lowest BCUT2D eigenvalue weighted by atomic mass is 10.1. The molecule has 1 aromatic rings. The molecule has 0 radical (unpaired) electrons. The summed E-state index contributed by atoms with van der Waals surface area (Å²) in [5, 5.41) is 3.52. The Kier molecular flexibility index (Phi) is 5.45. The van der Waals surface area contributed by atoms with Crippen molar-refractivity contribution in [2.75, 3.05) is 13.1 Å². The molecule has 2 heterocycles. The molecule has 1 fully saturated rings. The molecule has 6 heteroatoms. The Hall–Kier alpha value is -1.56. The lowest BCUT2D eigenvalue weighted by molar-refractivity contribution is 0.0243. The van der Waals surface area contributed by atoms with E-state index in [1.807, 2.05) is 32.6 Å². The molecule has 0 aromatic carbocycles. The molecule has 1 aliphatic rings. The molecule has 1 atom stereocenters. The number of hydrogen-bond donors (Lipinski definition) is 2. The predicted octanol–water partition coefficient (Wildman–Crippen LogP) is 2.60. The predicted molar refractivity (Wildman–Crippen MR) is 85.6 cm³/mol. The molecule has 0 saturated carbocycles. The lowest BCUT2D eigenvalue weighted by Gasteiger charge is -2.28. The van der Waals surface area contributed by atoms with E-state index in [1.165, 1.54) is 0 Å². The number of hydrogen-bond acceptors (Lipinski definition) is 4. The van der Waals surface area contributed by atoms with Crippen LogP contribution in [0, 0.1) is 6.92 Å². The highest BCUT2D eigenvalue weighted by molar-refractivity contribution is 5.68. The third-order valence-electron chi connectivity index (χ3n) is 3.82. The van der Waals surface area contributed by atoms with Crippen molar-refractivity contribution >= 4 is 6.09 Å². The Balaban J connectivity index is 1.89. The Morgan fingerprint density at radius 3 is 2.91 bits per heavy atom. The van der Waals surface area contributed by atoms with Gasteiger partial charge in [-0.1, -0.05) is 6.42 Å². The van der Waals surface area contributed by atoms with E-state index in [4.69, 9.17) is 4.74 Å². The summed E-state index contributed by atoms with van der Waals surface area (Å²) in [5.74, 6) is 0. The maximum atomic E-state index is 12.3. The average Bonchev–Trinajstić information content (AvgIpc) is 2.69. The Labute approximate surface area is 132 Å². The van der Waals surface area contributed by atoms with E-state index >= 15 is 0 Å². The molecule has 6 nitrogen and oxygen atoms in total. The molecule has 0 spiro atoms. The van der Waals surface area contributed by atoms with Gasteiger partial charge in [0.15, 0.2) is 0 Å². The van der Waals surface area contributed by atoms with E-state index in [9.17, 15) is 4.79 Å². The summed E-state index contributed by atoms with van der Waals surface area (Å²) in [5.41, 5.74) is 1.68. The molecule has 1 amide bonds. The lowest BCUT2D eigenvalue weighted by Crippen LogP contribution is -2.44. The van der Waals surface area contributed by atoms with Crippen molar-refractivity contribution in [1.29, 1.82) is 0 Å². The van der Waals surface area contributed by atoms with Crippen molar-refractivity contribution in [2.24, 2.45) is 0 Å². The number of amides is 1. The first-order valence-corrected chi connectivity index (χ1v) is 8.05. The van der Waals surface area contributed by atoms with Gasteiger partial charge in [0.1, 0.15) is 5.60 Å². The molecule has 1 saturated heterocycles. The fourth-order valence-corrected chi connectivity index (χ4v) is 2.61. The van der Waals surface area contributed by atoms with Gasteiger partial charge in [-0.15, -0.1) is 0 Å². The van der Waals surface area contributed by atoms with Gasteiger partial charge in [0.2, 0.25) is 0 Å². The first-order chi connectivity index (χ1) is 10.3. The van der Waals surface area contributed by atoms with E-state index in [2.05, 4.69) is 15.3 Å². The first-order valence-electron chi connectivity index (χ1n) is 8.05. The van der Waals surface area contributed by atoms with Crippen molar-refractivity contribution in [1.82, 2.24) is 20.2 Å². The van der Waals surface area contributed by atoms with Crippen molar-refractivity contribution < 1.29 is 9.53 Å². The van der Waals surface area contributed by atoms with Gasteiger partial charge in [-0.25, -0.2) is 9.78 Å². The number of aromatic amines is 1. The molecule has 2 rings (SSSR count). The molecule has 0 bridgehead atoms. The van der Waals surface area contributed by atoms with Crippen LogP contribution in [0.1, 0.15) is 51.4 Å². The quantitative estimate of drug-likeness (QED) is 0.900. The van der Waals surface area contributed by atoms with Crippen LogP contribution in [-0.4, -0.2) is 45.7 Å². The minimum atomic E-state index is -0.446. The van der Waals surface area contributed by atoms with Crippen LogP contribution in [0.25, 0.3) is 0 Å². The van der Waals surface area contributed by atoms with Crippen LogP contribution < -0.4 is 5.32 Å². The highest BCUT2D eigenvalue weighted by Gasteiger charge is 2.26. The summed E-state index contributed by atoms with van der Waals surface area (Å²) in [6, 6.07) is 0.283. The number of rotatable bonds is 3. The van der Waals surface area contributed by atoms with Crippen LogP contribution >= 0.6 is 0 Å². The molecular weight excluding hydrogens is 280 g/mol. The zero-order chi connectivity index (χ0) is 16.2. The summed E-state index contributed by atoms with van der Waals surface area (Å²) in [4.78, 5) is 21.5. The number of nitrogens with one attached hydrogen (secondary N) is 2. The zero-order valence-electron chi connectivity index (χ0n) is 14.1. The van der Waals surface area contributed by atoms with Crippen LogP contribution in [0.4, 0.5) is 4.79 Å². The summed E-state index contributed by atoms with van der Waals surface area (Å²) in [7, 11) is 0. The standard InChI is InChI=1S/C16H28N4O2/c1-12-14(19-11-18-12)9-17-13-7-5-6-8-20(10-13)15(21)22-16(2,3)4/h11,13,17H,5-10H2,1-4H3,(H,18,19). The Bertz CT molecular complexity index is 493. The van der Waals surface area contributed by atoms with E-state index in [-0.39, 0.29) is 12.1 Å². The normalized spacial score (nSPS) is 19.8. The van der Waals surface area contributed by atoms with Gasteiger partial charge >= 0.3 is 6.09 Å². The second-order valence-corrected chi connectivity index (χ2v) is 6.97. The molecular formula is C16H28N4O2. The SMILES string of the molecule is Cc1[nH]cnc1CNC1CCCCN(C(=O)OC(C)(C)C)C1. The molecule has 22 heavy (non-hydrogen) atoms. The van der Waals surface area contributed by atoms with E-state index in [0.717, 1.165) is 43.7 Å². The topological polar surface area (TPSA) is 70.2 Å². The van der Waals surface area contributed by atoms with Crippen molar-refractivity contribution in [2.45, 2.75) is 65.1 Å². The van der Waals surface area contributed by atoms with Crippen LogP contribution in [-0.2, 0) is 11.3 Å². The molecule has 1 unspecified atom stereocenters. The number of aryl methyl sites for hydroxylation is 1. The van der Waals surface area contributed by atoms with Gasteiger partial charge in [0.05, 0.1) is 12.0 Å². The molecule has 0 aliphatic carbocycles. The maximum absolute atomic E-state index is 12.3. The molecule has 1 aliphatic heterocycles. The number of ether oxygens (including phenoxy) is 1. The van der Waals surface area contributed by atoms with Crippen molar-refractivity contribution in [3.8, 4) is 0 Å². The van der Waals surface area contributed by atoms with Crippen molar-refractivity contribution in [3.63, 3.8) is 0 Å². The number of aromatic nitrogens is 2. The Morgan fingerprint density at radius 1 is 1.50 bits per heavy atom. The van der Waals surface area contributed by atoms with Gasteiger partial charge in [0, 0.05) is 31.4 Å². The van der Waals surface area contributed by atoms with Crippen LogP contribution in [0.5, 0.6) is 0 Å². The third kappa shape index (κ3) is 5.02. The molecule has 2 N–H and O–H groups in total. The first kappa shape index (κ1) is 16.8. The summed E-state index contributed by atoms with van der Waals surface area (Å²) in [6.45, 7) is 9.91. The monoisotopic (exact) mass is 308 g/mol. The summed E-state index contributed by atoms with van der Waals surface area (Å²) < 4.78 is 5.49. The van der Waals surface area contributed by atoms with Crippen molar-refractivity contribution in [3.05, 3.63) is 17.7 Å². The fourth-order valence-electron chi connectivity index (χ4n) is 2.61. The number of imidazole rings is 1. The second-order valence-electron chi connectivity index (χ2n) is 6.97. The second kappa shape index (κ2) is 7.13. The van der Waals surface area contributed by atoms with Gasteiger partial charge < -0.3 is 19.9 Å². The Morgan fingerprint density at radius 2 is 2.27 bits per heavy atom. The van der Waals surface area contributed by atoms with Crippen LogP contribution in [0.15, 0.2) is 6.33 Å². The number of nitrogens with zero attached hydrogens (tertiary/aromatic N) is 2. The highest BCUT2D eigenvalue weighted by Crippen LogP contribution is 2.16. The summed E-state index contributed by atoms with van der Waals surface area (Å²) in [6.07, 6.45) is 4.72. The van der Waals surface area contributed by atoms with E-state index in [1.54, 1.807) is 6.33 Å². The summed E-state index contributed by atoms with van der Waals surface area (Å²) >= 11 is 0. The zero-order valence-corrected chi connectivity index (χ0v) is 14.1. The van der Waals surface area contributed by atoms with E-state index in [0.29, 0.717) is 6.54 Å². The smallest absolute Gasteiger partial charge is 0.410 e. The van der Waals surface area contributed by atoms with Crippen LogP contribution in [0.3, 0.4) is 0 Å². The van der Waals surface area contributed by atoms with Gasteiger partial charge in [-0.05, 0) is 40.5 Å². The minimum Gasteiger partial charge on any atom is -0.444 e. The number of carbonyl (C=O) groups excluding carboxylic acids is 1. The highest BCUT2D eigenvalue weighted by atomic mass is 16.6.